The number of hydrogen-bond donors (Lipinski definition) is 1. The lowest BCUT2D eigenvalue weighted by Gasteiger charge is -2.41. The van der Waals surface area contributed by atoms with Crippen molar-refractivity contribution in [3.63, 3.8) is 0 Å². The molecule has 3 rings (SSSR count). The van der Waals surface area contributed by atoms with Gasteiger partial charge in [-0.2, -0.15) is 0 Å². The van der Waals surface area contributed by atoms with Crippen LogP contribution in [0, 0.1) is 23.7 Å². The van der Waals surface area contributed by atoms with Crippen LogP contribution in [0.2, 0.25) is 0 Å². The molecule has 2 bridgehead atoms. The Morgan fingerprint density at radius 3 is 2.25 bits per heavy atom. The second-order valence-corrected chi connectivity index (χ2v) is 12.4. The maximum atomic E-state index is 14.6. The Balaban J connectivity index is 2.18. The zero-order valence-electron chi connectivity index (χ0n) is 25.7. The van der Waals surface area contributed by atoms with Crippen LogP contribution in [0.15, 0.2) is 25.3 Å². The van der Waals surface area contributed by atoms with Crippen LogP contribution in [-0.4, -0.2) is 93.6 Å². The maximum absolute atomic E-state index is 14.6. The van der Waals surface area contributed by atoms with E-state index in [9.17, 15) is 19.5 Å². The van der Waals surface area contributed by atoms with Crippen molar-refractivity contribution in [2.75, 3.05) is 32.8 Å². The van der Waals surface area contributed by atoms with Gasteiger partial charge in [-0.05, 0) is 38.0 Å². The van der Waals surface area contributed by atoms with E-state index in [0.717, 1.165) is 32.1 Å². The first-order valence-corrected chi connectivity index (χ1v) is 15.5. The molecule has 1 N–H and O–H groups in total. The SMILES string of the molecule is C=CCN(CCCCC)C(=O)C1N([C@@H](CO)[C@@H](C)CC)C(=O)[C@@H]2[C@H](C(=O)N(CC=C)CCC)[C@@]3(C)OC12CC3C. The smallest absolute Gasteiger partial charge is 0.248 e. The molecular formula is C32H53N3O5. The summed E-state index contributed by atoms with van der Waals surface area (Å²) >= 11 is 0. The summed E-state index contributed by atoms with van der Waals surface area (Å²) in [7, 11) is 0. The molecule has 8 atom stereocenters. The molecule has 0 aliphatic carbocycles. The van der Waals surface area contributed by atoms with Gasteiger partial charge in [-0.15, -0.1) is 13.2 Å². The van der Waals surface area contributed by atoms with Crippen LogP contribution in [0.4, 0.5) is 0 Å². The van der Waals surface area contributed by atoms with Gasteiger partial charge in [-0.1, -0.05) is 66.0 Å². The molecule has 3 heterocycles. The fourth-order valence-corrected chi connectivity index (χ4v) is 7.59. The lowest BCUT2D eigenvalue weighted by Crippen LogP contribution is -2.60. The second-order valence-electron chi connectivity index (χ2n) is 12.4. The number of carbonyl (C=O) groups excluding carboxylic acids is 3. The normalized spacial score (nSPS) is 32.1. The summed E-state index contributed by atoms with van der Waals surface area (Å²) in [4.78, 5) is 48.6. The van der Waals surface area contributed by atoms with Crippen molar-refractivity contribution in [2.45, 2.75) is 103 Å². The van der Waals surface area contributed by atoms with E-state index in [1.54, 1.807) is 26.9 Å². The lowest BCUT2D eigenvalue weighted by molar-refractivity contribution is -0.158. The quantitative estimate of drug-likeness (QED) is 0.228. The Morgan fingerprint density at radius 2 is 1.73 bits per heavy atom. The van der Waals surface area contributed by atoms with Crippen molar-refractivity contribution >= 4 is 17.7 Å². The summed E-state index contributed by atoms with van der Waals surface area (Å²) in [6.07, 6.45) is 8.34. The van der Waals surface area contributed by atoms with Gasteiger partial charge in [0.25, 0.3) is 0 Å². The van der Waals surface area contributed by atoms with Crippen molar-refractivity contribution in [1.82, 2.24) is 14.7 Å². The Bertz CT molecular complexity index is 955. The van der Waals surface area contributed by atoms with Gasteiger partial charge in [0.1, 0.15) is 11.6 Å². The molecule has 3 aliphatic heterocycles. The molecule has 3 fully saturated rings. The molecular weight excluding hydrogens is 506 g/mol. The molecule has 8 nitrogen and oxygen atoms in total. The fourth-order valence-electron chi connectivity index (χ4n) is 7.59. The number of carbonyl (C=O) groups is 3. The number of hydrogen-bond acceptors (Lipinski definition) is 5. The number of rotatable bonds is 16. The Morgan fingerprint density at radius 1 is 1.10 bits per heavy atom. The van der Waals surface area contributed by atoms with E-state index in [4.69, 9.17) is 4.74 Å². The fraction of sp³-hybridized carbons (Fsp3) is 0.781. The molecule has 1 spiro atoms. The standard InChI is InChI=1S/C32H53N3O5/c1-9-14-15-19-34(18-12-4)30(39)27-32-20-23(7)31(8,40-32)25(28(37)33(16-10-2)17-11-3)26(32)29(38)35(27)24(21-36)22(6)13-5/h10,12,22-27,36H,2,4,9,11,13-21H2,1,3,5-8H3/t22-,23?,24-,25+,26-,27?,31-,32?/m0/s1. The molecule has 3 unspecified atom stereocenters. The number of amides is 3. The highest BCUT2D eigenvalue weighted by Gasteiger charge is 2.80. The summed E-state index contributed by atoms with van der Waals surface area (Å²) in [6, 6.07) is -1.45. The first-order chi connectivity index (χ1) is 19.0. The summed E-state index contributed by atoms with van der Waals surface area (Å²) in [6.45, 7) is 21.5. The molecule has 0 aromatic heterocycles. The molecule has 0 saturated carbocycles. The molecule has 3 amide bonds. The Labute approximate surface area is 241 Å². The highest BCUT2D eigenvalue weighted by atomic mass is 16.5. The van der Waals surface area contributed by atoms with Crippen LogP contribution >= 0.6 is 0 Å². The Kier molecular flexibility index (Phi) is 10.7. The molecule has 3 saturated heterocycles. The van der Waals surface area contributed by atoms with E-state index in [-0.39, 0.29) is 36.2 Å². The zero-order chi connectivity index (χ0) is 29.8. The number of ether oxygens (including phenoxy) is 1. The number of nitrogens with zero attached hydrogens (tertiary/aromatic N) is 3. The summed E-state index contributed by atoms with van der Waals surface area (Å²) in [5.41, 5.74) is -1.99. The van der Waals surface area contributed by atoms with E-state index in [1.165, 1.54) is 0 Å². The number of unbranched alkanes of at least 4 members (excludes halogenated alkanes) is 2. The molecule has 0 radical (unpaired) electrons. The predicted octanol–water partition coefficient (Wildman–Crippen LogP) is 4.03. The molecule has 226 valence electrons. The first-order valence-electron chi connectivity index (χ1n) is 15.5. The average molecular weight is 560 g/mol. The minimum absolute atomic E-state index is 0.0305. The van der Waals surface area contributed by atoms with Crippen molar-refractivity contribution in [3.8, 4) is 0 Å². The highest BCUT2D eigenvalue weighted by molar-refractivity contribution is 5.99. The second kappa shape index (κ2) is 13.2. The van der Waals surface area contributed by atoms with Crippen molar-refractivity contribution in [2.24, 2.45) is 23.7 Å². The first kappa shape index (κ1) is 32.3. The minimum Gasteiger partial charge on any atom is -0.394 e. The van der Waals surface area contributed by atoms with Gasteiger partial charge in [0.05, 0.1) is 30.1 Å². The third kappa shape index (κ3) is 5.26. The van der Waals surface area contributed by atoms with Crippen LogP contribution < -0.4 is 0 Å². The predicted molar refractivity (Wildman–Crippen MR) is 157 cm³/mol. The van der Waals surface area contributed by atoms with Crippen LogP contribution in [0.3, 0.4) is 0 Å². The van der Waals surface area contributed by atoms with Gasteiger partial charge in [-0.25, -0.2) is 0 Å². The van der Waals surface area contributed by atoms with Crippen molar-refractivity contribution in [3.05, 3.63) is 25.3 Å². The third-order valence-corrected chi connectivity index (χ3v) is 9.95. The van der Waals surface area contributed by atoms with Gasteiger partial charge in [0.15, 0.2) is 0 Å². The Hall–Kier alpha value is -2.19. The monoisotopic (exact) mass is 559 g/mol. The van der Waals surface area contributed by atoms with Gasteiger partial charge >= 0.3 is 0 Å². The number of aliphatic hydroxyl groups is 1. The molecule has 0 aromatic rings. The molecule has 0 aromatic carbocycles. The minimum atomic E-state index is -1.13. The maximum Gasteiger partial charge on any atom is 0.248 e. The summed E-state index contributed by atoms with van der Waals surface area (Å²) in [5.74, 6) is -2.08. The largest absolute Gasteiger partial charge is 0.394 e. The third-order valence-electron chi connectivity index (χ3n) is 9.95. The highest BCUT2D eigenvalue weighted by Crippen LogP contribution is 2.66. The van der Waals surface area contributed by atoms with E-state index in [1.807, 2.05) is 27.7 Å². The van der Waals surface area contributed by atoms with Crippen LogP contribution in [0.5, 0.6) is 0 Å². The number of fused-ring (bicyclic) bond motifs is 1. The number of aliphatic hydroxyl groups excluding tert-OH is 1. The molecule has 8 heteroatoms. The zero-order valence-corrected chi connectivity index (χ0v) is 25.7. The van der Waals surface area contributed by atoms with E-state index < -0.39 is 35.1 Å². The number of likely N-dealkylation sites (tertiary alicyclic amines) is 1. The van der Waals surface area contributed by atoms with E-state index in [2.05, 4.69) is 27.0 Å². The van der Waals surface area contributed by atoms with Crippen LogP contribution in [-0.2, 0) is 19.1 Å². The van der Waals surface area contributed by atoms with Gasteiger partial charge in [0, 0.05) is 26.2 Å². The summed E-state index contributed by atoms with van der Waals surface area (Å²) in [5, 5.41) is 10.6. The van der Waals surface area contributed by atoms with Crippen LogP contribution in [0.1, 0.15) is 80.1 Å². The van der Waals surface area contributed by atoms with E-state index >= 15 is 0 Å². The average Bonchev–Trinajstić information content (AvgIpc) is 3.44. The molecule has 3 aliphatic rings. The van der Waals surface area contributed by atoms with Crippen molar-refractivity contribution < 1.29 is 24.2 Å². The lowest BCUT2D eigenvalue weighted by atomic mass is 9.62. The van der Waals surface area contributed by atoms with Crippen LogP contribution in [0.25, 0.3) is 0 Å². The topological polar surface area (TPSA) is 90.4 Å². The van der Waals surface area contributed by atoms with Gasteiger partial charge < -0.3 is 24.5 Å². The summed E-state index contributed by atoms with van der Waals surface area (Å²) < 4.78 is 6.93. The van der Waals surface area contributed by atoms with Gasteiger partial charge in [-0.3, -0.25) is 14.4 Å². The molecule has 40 heavy (non-hydrogen) atoms. The van der Waals surface area contributed by atoms with Crippen molar-refractivity contribution in [1.29, 1.82) is 0 Å². The van der Waals surface area contributed by atoms with E-state index in [0.29, 0.717) is 32.6 Å². The van der Waals surface area contributed by atoms with Gasteiger partial charge in [0.2, 0.25) is 17.7 Å².